The van der Waals surface area contributed by atoms with Gasteiger partial charge in [-0.2, -0.15) is 5.01 Å². The van der Waals surface area contributed by atoms with Gasteiger partial charge in [-0.25, -0.2) is 4.79 Å². The first-order valence-corrected chi connectivity index (χ1v) is 10.1. The number of hydrogen-bond acceptors (Lipinski definition) is 5. The topological polar surface area (TPSA) is 105 Å². The second-order valence-corrected chi connectivity index (χ2v) is 7.57. The highest BCUT2D eigenvalue weighted by Gasteiger charge is 2.48. The van der Waals surface area contributed by atoms with Crippen LogP contribution in [-0.4, -0.2) is 41.0 Å². The SMILES string of the molecule is C[C@]1(CCc2ccccc2)NC(=O)N(NC(=O)COC(=O)CCc2ccccc2)C1=O. The molecule has 0 spiro atoms. The van der Waals surface area contributed by atoms with Crippen molar-refractivity contribution in [2.45, 2.75) is 38.1 Å². The molecule has 1 heterocycles. The Bertz CT molecular complexity index is 948. The van der Waals surface area contributed by atoms with Gasteiger partial charge in [-0.3, -0.25) is 19.8 Å². The molecule has 1 aliphatic heterocycles. The highest BCUT2D eigenvalue weighted by Crippen LogP contribution is 2.22. The lowest BCUT2D eigenvalue weighted by molar-refractivity contribution is -0.150. The number of rotatable bonds is 9. The molecule has 2 N–H and O–H groups in total. The van der Waals surface area contributed by atoms with E-state index in [1.807, 2.05) is 60.7 Å². The number of amides is 4. The fourth-order valence-corrected chi connectivity index (χ4v) is 3.26. The fraction of sp³-hybridized carbons (Fsp3) is 0.304. The standard InChI is InChI=1S/C23H25N3O5/c1-23(15-14-18-10-6-3-7-11-18)21(29)26(22(30)24-23)25-19(27)16-31-20(28)13-12-17-8-4-2-5-9-17/h2-11H,12-16H2,1H3,(H,24,30)(H,25,27)/t23-/m1/s1. The monoisotopic (exact) mass is 423 g/mol. The van der Waals surface area contributed by atoms with E-state index in [1.54, 1.807) is 6.92 Å². The summed E-state index contributed by atoms with van der Waals surface area (Å²) in [7, 11) is 0. The van der Waals surface area contributed by atoms with Crippen LogP contribution in [0.15, 0.2) is 60.7 Å². The van der Waals surface area contributed by atoms with Crippen molar-refractivity contribution < 1.29 is 23.9 Å². The minimum Gasteiger partial charge on any atom is -0.455 e. The summed E-state index contributed by atoms with van der Waals surface area (Å²) in [6.45, 7) is 1.04. The minimum absolute atomic E-state index is 0.123. The van der Waals surface area contributed by atoms with Crippen molar-refractivity contribution in [2.24, 2.45) is 0 Å². The quantitative estimate of drug-likeness (QED) is 0.475. The Morgan fingerprint density at radius 3 is 2.16 bits per heavy atom. The number of carbonyl (C=O) groups excluding carboxylic acids is 4. The second kappa shape index (κ2) is 9.88. The van der Waals surface area contributed by atoms with Crippen molar-refractivity contribution in [3.05, 3.63) is 71.8 Å². The Morgan fingerprint density at radius 1 is 0.968 bits per heavy atom. The van der Waals surface area contributed by atoms with Gasteiger partial charge in [-0.15, -0.1) is 0 Å². The summed E-state index contributed by atoms with van der Waals surface area (Å²) in [4.78, 5) is 48.9. The highest BCUT2D eigenvalue weighted by molar-refractivity contribution is 6.07. The Balaban J connectivity index is 1.45. The number of carbonyl (C=O) groups is 4. The van der Waals surface area contributed by atoms with Gasteiger partial charge in [0.1, 0.15) is 5.54 Å². The van der Waals surface area contributed by atoms with Gasteiger partial charge in [-0.05, 0) is 37.3 Å². The van der Waals surface area contributed by atoms with E-state index in [2.05, 4.69) is 10.7 Å². The van der Waals surface area contributed by atoms with Crippen molar-refractivity contribution in [1.29, 1.82) is 0 Å². The van der Waals surface area contributed by atoms with E-state index in [0.717, 1.165) is 11.1 Å². The molecule has 1 fully saturated rings. The van der Waals surface area contributed by atoms with Crippen LogP contribution in [0.3, 0.4) is 0 Å². The maximum absolute atomic E-state index is 12.7. The largest absolute Gasteiger partial charge is 0.455 e. The molecule has 1 saturated heterocycles. The summed E-state index contributed by atoms with van der Waals surface area (Å²) in [6.07, 6.45) is 1.58. The summed E-state index contributed by atoms with van der Waals surface area (Å²) in [5, 5.41) is 3.27. The number of ether oxygens (including phenoxy) is 1. The van der Waals surface area contributed by atoms with Gasteiger partial charge in [0.25, 0.3) is 11.8 Å². The zero-order chi connectivity index (χ0) is 22.3. The Kier molecular flexibility index (Phi) is 7.02. The highest BCUT2D eigenvalue weighted by atomic mass is 16.5. The predicted octanol–water partition coefficient (Wildman–Crippen LogP) is 2.14. The molecule has 2 aromatic rings. The molecule has 0 unspecified atom stereocenters. The lowest BCUT2D eigenvalue weighted by Gasteiger charge is -2.21. The zero-order valence-electron chi connectivity index (χ0n) is 17.3. The number of benzene rings is 2. The van der Waals surface area contributed by atoms with Crippen LogP contribution in [0.5, 0.6) is 0 Å². The fourth-order valence-electron chi connectivity index (χ4n) is 3.26. The molecule has 2 aromatic carbocycles. The van der Waals surface area contributed by atoms with E-state index < -0.39 is 36.0 Å². The third-order valence-electron chi connectivity index (χ3n) is 5.08. The van der Waals surface area contributed by atoms with Gasteiger partial charge in [0, 0.05) is 6.42 Å². The summed E-state index contributed by atoms with van der Waals surface area (Å²) >= 11 is 0. The summed E-state index contributed by atoms with van der Waals surface area (Å²) in [5.41, 5.74) is 3.11. The van der Waals surface area contributed by atoms with Crippen LogP contribution in [0.25, 0.3) is 0 Å². The van der Waals surface area contributed by atoms with E-state index in [4.69, 9.17) is 4.74 Å². The van der Waals surface area contributed by atoms with Gasteiger partial charge >= 0.3 is 12.0 Å². The third-order valence-corrected chi connectivity index (χ3v) is 5.08. The molecule has 0 bridgehead atoms. The van der Waals surface area contributed by atoms with Crippen molar-refractivity contribution in [3.8, 4) is 0 Å². The van der Waals surface area contributed by atoms with Crippen LogP contribution < -0.4 is 10.7 Å². The molecule has 0 radical (unpaired) electrons. The maximum Gasteiger partial charge on any atom is 0.344 e. The lowest BCUT2D eigenvalue weighted by Crippen LogP contribution is -2.50. The number of esters is 1. The van der Waals surface area contributed by atoms with Gasteiger partial charge in [0.05, 0.1) is 0 Å². The van der Waals surface area contributed by atoms with E-state index in [9.17, 15) is 19.2 Å². The molecule has 0 aromatic heterocycles. The summed E-state index contributed by atoms with van der Waals surface area (Å²) in [6, 6.07) is 18.3. The van der Waals surface area contributed by atoms with E-state index in [0.29, 0.717) is 24.3 Å². The van der Waals surface area contributed by atoms with Crippen LogP contribution in [-0.2, 0) is 32.0 Å². The van der Waals surface area contributed by atoms with E-state index >= 15 is 0 Å². The lowest BCUT2D eigenvalue weighted by atomic mass is 9.93. The third kappa shape index (κ3) is 5.91. The number of imide groups is 1. The average molecular weight is 423 g/mol. The number of hydrogen-bond donors (Lipinski definition) is 2. The molecule has 4 amide bonds. The van der Waals surface area contributed by atoms with E-state index in [1.165, 1.54) is 0 Å². The minimum atomic E-state index is -1.13. The molecular formula is C23H25N3O5. The second-order valence-electron chi connectivity index (χ2n) is 7.57. The molecule has 0 saturated carbocycles. The van der Waals surface area contributed by atoms with Gasteiger partial charge in [-0.1, -0.05) is 60.7 Å². The van der Waals surface area contributed by atoms with Gasteiger partial charge < -0.3 is 10.1 Å². The Morgan fingerprint density at radius 2 is 1.55 bits per heavy atom. The molecule has 0 aliphatic carbocycles. The van der Waals surface area contributed by atoms with Crippen LogP contribution >= 0.6 is 0 Å². The van der Waals surface area contributed by atoms with E-state index in [-0.39, 0.29) is 6.42 Å². The molecule has 31 heavy (non-hydrogen) atoms. The molecule has 8 heteroatoms. The molecular weight excluding hydrogens is 398 g/mol. The number of urea groups is 1. The smallest absolute Gasteiger partial charge is 0.344 e. The summed E-state index contributed by atoms with van der Waals surface area (Å²) in [5.74, 6) is -1.86. The van der Waals surface area contributed by atoms with Crippen molar-refractivity contribution in [1.82, 2.24) is 15.8 Å². The van der Waals surface area contributed by atoms with Crippen LogP contribution in [0.2, 0.25) is 0 Å². The van der Waals surface area contributed by atoms with Crippen molar-refractivity contribution >= 4 is 23.8 Å². The van der Waals surface area contributed by atoms with Gasteiger partial charge in [0.2, 0.25) is 0 Å². The first-order chi connectivity index (χ1) is 14.9. The Labute approximate surface area is 180 Å². The van der Waals surface area contributed by atoms with Crippen LogP contribution in [0.4, 0.5) is 4.79 Å². The summed E-state index contributed by atoms with van der Waals surface area (Å²) < 4.78 is 4.94. The molecule has 1 atom stereocenters. The number of nitrogens with one attached hydrogen (secondary N) is 2. The predicted molar refractivity (Wildman–Crippen MR) is 112 cm³/mol. The molecule has 162 valence electrons. The van der Waals surface area contributed by atoms with Crippen molar-refractivity contribution in [3.63, 3.8) is 0 Å². The number of nitrogens with zero attached hydrogens (tertiary/aromatic N) is 1. The number of aryl methyl sites for hydroxylation is 2. The normalized spacial score (nSPS) is 17.9. The van der Waals surface area contributed by atoms with Gasteiger partial charge in [0.15, 0.2) is 6.61 Å². The maximum atomic E-state index is 12.7. The van der Waals surface area contributed by atoms with Crippen LogP contribution in [0, 0.1) is 0 Å². The van der Waals surface area contributed by atoms with Crippen LogP contribution in [0.1, 0.15) is 30.9 Å². The number of hydrazine groups is 1. The average Bonchev–Trinajstić information content (AvgIpc) is 2.99. The van der Waals surface area contributed by atoms with Crippen molar-refractivity contribution in [2.75, 3.05) is 6.61 Å². The zero-order valence-corrected chi connectivity index (χ0v) is 17.3. The first-order valence-electron chi connectivity index (χ1n) is 10.1. The molecule has 3 rings (SSSR count). The Hall–Kier alpha value is -3.68. The molecule has 8 nitrogen and oxygen atoms in total. The first kappa shape index (κ1) is 22.0. The molecule has 1 aliphatic rings.